The molecule has 0 radical (unpaired) electrons. The van der Waals surface area contributed by atoms with Gasteiger partial charge < -0.3 is 4.90 Å². The van der Waals surface area contributed by atoms with Gasteiger partial charge in [-0.1, -0.05) is 92.7 Å². The van der Waals surface area contributed by atoms with Gasteiger partial charge in [-0.3, -0.25) is 0 Å². The first-order valence-corrected chi connectivity index (χ1v) is 13.7. The van der Waals surface area contributed by atoms with Crippen LogP contribution in [-0.4, -0.2) is 0 Å². The number of nitrogens with zero attached hydrogens (tertiary/aromatic N) is 2. The Morgan fingerprint density at radius 1 is 0.575 bits per heavy atom. The van der Waals surface area contributed by atoms with E-state index >= 15 is 0 Å². The Hall–Kier alpha value is -5.13. The number of rotatable bonds is 5. The number of benzene rings is 6. The Morgan fingerprint density at radius 3 is 1.93 bits per heavy atom. The van der Waals surface area contributed by atoms with Crippen molar-refractivity contribution in [1.29, 1.82) is 5.26 Å². The van der Waals surface area contributed by atoms with Crippen LogP contribution >= 0.6 is 0 Å². The molecule has 6 aromatic rings. The minimum absolute atomic E-state index is 0.0146. The predicted octanol–water partition coefficient (Wildman–Crippen LogP) is 10.1. The van der Waals surface area contributed by atoms with Crippen LogP contribution in [0.4, 0.5) is 17.1 Å². The normalized spacial score (nSPS) is 13.3. The molecule has 0 N–H and O–H groups in total. The van der Waals surface area contributed by atoms with Crippen LogP contribution < -0.4 is 4.90 Å². The summed E-state index contributed by atoms with van der Waals surface area (Å²) in [6.07, 6.45) is 4.42. The number of para-hydroxylation sites is 1. The first kappa shape index (κ1) is 23.9. The Bertz CT molecular complexity index is 1960. The number of nitriles is 1. The van der Waals surface area contributed by atoms with E-state index < -0.39 is 0 Å². The van der Waals surface area contributed by atoms with Crippen LogP contribution in [0.25, 0.3) is 33.7 Å². The lowest BCUT2D eigenvalue weighted by Gasteiger charge is -2.25. The van der Waals surface area contributed by atoms with Crippen molar-refractivity contribution in [3.05, 3.63) is 149 Å². The van der Waals surface area contributed by atoms with Gasteiger partial charge in [0.1, 0.15) is 0 Å². The smallest absolute Gasteiger partial charge is 0.0991 e. The zero-order valence-electron chi connectivity index (χ0n) is 22.6. The second-order valence-electron chi connectivity index (χ2n) is 11.0. The van der Waals surface area contributed by atoms with E-state index in [0.29, 0.717) is 5.56 Å². The van der Waals surface area contributed by atoms with E-state index in [0.717, 1.165) is 22.6 Å². The average Bonchev–Trinajstić information content (AvgIpc) is 3.24. The first-order valence-electron chi connectivity index (χ1n) is 13.7. The van der Waals surface area contributed by atoms with Crippen LogP contribution in [0.2, 0.25) is 0 Å². The quantitative estimate of drug-likeness (QED) is 0.170. The van der Waals surface area contributed by atoms with Crippen molar-refractivity contribution in [2.45, 2.75) is 19.3 Å². The molecule has 0 amide bonds. The molecule has 7 rings (SSSR count). The molecule has 0 atom stereocenters. The molecule has 6 aromatic carbocycles. The van der Waals surface area contributed by atoms with Crippen LogP contribution in [0.15, 0.2) is 121 Å². The third-order valence-electron chi connectivity index (χ3n) is 8.22. The molecular formula is C38H28N2. The van der Waals surface area contributed by atoms with Gasteiger partial charge in [0.25, 0.3) is 0 Å². The fourth-order valence-electron chi connectivity index (χ4n) is 6.16. The predicted molar refractivity (Wildman–Crippen MR) is 168 cm³/mol. The van der Waals surface area contributed by atoms with Crippen molar-refractivity contribution >= 4 is 50.8 Å². The van der Waals surface area contributed by atoms with Gasteiger partial charge >= 0.3 is 0 Å². The van der Waals surface area contributed by atoms with Gasteiger partial charge in [0.15, 0.2) is 0 Å². The van der Waals surface area contributed by atoms with Crippen molar-refractivity contribution in [3.63, 3.8) is 0 Å². The van der Waals surface area contributed by atoms with Crippen LogP contribution in [0.5, 0.6) is 0 Å². The second kappa shape index (κ2) is 9.26. The summed E-state index contributed by atoms with van der Waals surface area (Å²) in [4.78, 5) is 2.21. The second-order valence-corrected chi connectivity index (χ2v) is 11.0. The number of anilines is 3. The summed E-state index contributed by atoms with van der Waals surface area (Å²) in [6.45, 7) is 4.68. The summed E-state index contributed by atoms with van der Waals surface area (Å²) in [6, 6.07) is 44.8. The van der Waals surface area contributed by atoms with E-state index in [1.807, 2.05) is 42.5 Å². The van der Waals surface area contributed by atoms with Gasteiger partial charge in [0.2, 0.25) is 0 Å². The summed E-state index contributed by atoms with van der Waals surface area (Å²) >= 11 is 0. The van der Waals surface area contributed by atoms with Gasteiger partial charge in [-0.05, 0) is 98.4 Å². The largest absolute Gasteiger partial charge is 0.311 e. The summed E-state index contributed by atoms with van der Waals surface area (Å²) < 4.78 is 0. The molecule has 0 bridgehead atoms. The van der Waals surface area contributed by atoms with E-state index in [-0.39, 0.29) is 5.41 Å². The van der Waals surface area contributed by atoms with Crippen LogP contribution in [0.1, 0.15) is 41.7 Å². The minimum Gasteiger partial charge on any atom is -0.311 e. The number of hydrogen-bond acceptors (Lipinski definition) is 2. The van der Waals surface area contributed by atoms with E-state index in [1.165, 1.54) is 38.2 Å². The van der Waals surface area contributed by atoms with Crippen LogP contribution in [-0.2, 0) is 5.41 Å². The Morgan fingerprint density at radius 2 is 1.20 bits per heavy atom. The van der Waals surface area contributed by atoms with Crippen molar-refractivity contribution in [2.24, 2.45) is 0 Å². The highest BCUT2D eigenvalue weighted by molar-refractivity contribution is 6.15. The molecule has 0 aromatic heterocycles. The maximum absolute atomic E-state index is 9.24. The maximum Gasteiger partial charge on any atom is 0.0991 e. The van der Waals surface area contributed by atoms with Crippen molar-refractivity contribution in [1.82, 2.24) is 0 Å². The van der Waals surface area contributed by atoms with E-state index in [4.69, 9.17) is 0 Å². The maximum atomic E-state index is 9.24. The molecule has 0 saturated carbocycles. The lowest BCUT2D eigenvalue weighted by Crippen LogP contribution is -2.15. The van der Waals surface area contributed by atoms with Gasteiger partial charge in [-0.15, -0.1) is 0 Å². The molecule has 0 unspecified atom stereocenters. The molecule has 0 fully saturated rings. The molecule has 0 heterocycles. The van der Waals surface area contributed by atoms with Gasteiger partial charge in [0.05, 0.1) is 11.6 Å². The van der Waals surface area contributed by atoms with Crippen LogP contribution in [0, 0.1) is 11.3 Å². The molecule has 1 aliphatic carbocycles. The fraction of sp³-hybridized carbons (Fsp3) is 0.0789. The van der Waals surface area contributed by atoms with E-state index in [2.05, 4.69) is 116 Å². The SMILES string of the molecule is CC1(C)c2cccc3ccc4cc(/C=C/c5ccc(N(c6ccccc6)c6ccc(C#N)cc6)cc5)cc1c4c23. The third-order valence-corrected chi connectivity index (χ3v) is 8.22. The summed E-state index contributed by atoms with van der Waals surface area (Å²) in [7, 11) is 0. The highest BCUT2D eigenvalue weighted by Crippen LogP contribution is 2.49. The van der Waals surface area contributed by atoms with Crippen molar-refractivity contribution in [2.75, 3.05) is 4.90 Å². The zero-order chi connectivity index (χ0) is 27.3. The molecule has 2 heteroatoms. The molecule has 1 aliphatic rings. The van der Waals surface area contributed by atoms with Gasteiger partial charge in [-0.2, -0.15) is 5.26 Å². The third kappa shape index (κ3) is 3.87. The summed E-state index contributed by atoms with van der Waals surface area (Å²) in [5.74, 6) is 0. The Balaban J connectivity index is 1.22. The lowest BCUT2D eigenvalue weighted by molar-refractivity contribution is 0.662. The minimum atomic E-state index is -0.0146. The van der Waals surface area contributed by atoms with Crippen molar-refractivity contribution in [3.8, 4) is 6.07 Å². The summed E-state index contributed by atoms with van der Waals surface area (Å²) in [5, 5.41) is 14.7. The standard InChI is InChI=1S/C38H28N2/c1-38(2)34-10-6-7-29-17-18-30-23-28(24-35(38)37(30)36(29)34)12-11-26-13-19-32(20-14-26)40(31-8-4-3-5-9-31)33-21-15-27(25-39)16-22-33/h3-24H,1-2H3/b12-11+. The lowest BCUT2D eigenvalue weighted by atomic mass is 9.81. The van der Waals surface area contributed by atoms with Gasteiger partial charge in [-0.25, -0.2) is 0 Å². The molecule has 0 spiro atoms. The zero-order valence-corrected chi connectivity index (χ0v) is 22.6. The Labute approximate surface area is 235 Å². The van der Waals surface area contributed by atoms with E-state index in [1.54, 1.807) is 0 Å². The average molecular weight is 513 g/mol. The molecule has 190 valence electrons. The highest BCUT2D eigenvalue weighted by Gasteiger charge is 2.33. The topological polar surface area (TPSA) is 27.0 Å². The monoisotopic (exact) mass is 512 g/mol. The molecular weight excluding hydrogens is 484 g/mol. The Kier molecular flexibility index (Phi) is 5.54. The number of hydrogen-bond donors (Lipinski definition) is 0. The molecule has 2 nitrogen and oxygen atoms in total. The molecule has 0 saturated heterocycles. The van der Waals surface area contributed by atoms with Gasteiger partial charge in [0, 0.05) is 22.5 Å². The molecule has 40 heavy (non-hydrogen) atoms. The van der Waals surface area contributed by atoms with Crippen LogP contribution in [0.3, 0.4) is 0 Å². The fourth-order valence-corrected chi connectivity index (χ4v) is 6.16. The van der Waals surface area contributed by atoms with E-state index in [9.17, 15) is 5.26 Å². The first-order chi connectivity index (χ1) is 19.5. The van der Waals surface area contributed by atoms with Crippen molar-refractivity contribution < 1.29 is 0 Å². The molecule has 0 aliphatic heterocycles. The summed E-state index contributed by atoms with van der Waals surface area (Å²) in [5.41, 5.74) is 8.99. The highest BCUT2D eigenvalue weighted by atomic mass is 15.1.